The predicted molar refractivity (Wildman–Crippen MR) is 191 cm³/mol. The Bertz CT molecular complexity index is 1770. The summed E-state index contributed by atoms with van der Waals surface area (Å²) in [5.74, 6) is 0.170. The van der Waals surface area contributed by atoms with Crippen LogP contribution in [0.5, 0.6) is 11.8 Å². The Hall–Kier alpha value is -4.27. The Morgan fingerprint density at radius 2 is 1.18 bits per heavy atom. The van der Waals surface area contributed by atoms with E-state index in [0.29, 0.717) is 70.1 Å². The minimum absolute atomic E-state index is 0.104. The van der Waals surface area contributed by atoms with Crippen LogP contribution in [0.25, 0.3) is 22.1 Å². The number of fused-ring (bicyclic) bond motifs is 2. The summed E-state index contributed by atoms with van der Waals surface area (Å²) in [5.41, 5.74) is 8.81. The lowest BCUT2D eigenvalue weighted by molar-refractivity contribution is 0.0489. The first kappa shape index (κ1) is 38.0. The Labute approximate surface area is 297 Å². The smallest absolute Gasteiger partial charge is 0.407 e. The molecule has 2 heterocycles. The molecule has 51 heavy (non-hydrogen) atoms. The summed E-state index contributed by atoms with van der Waals surface area (Å²) in [6.45, 7) is 6.34. The first-order valence-corrected chi connectivity index (χ1v) is 17.6. The fourth-order valence-electron chi connectivity index (χ4n) is 6.45. The van der Waals surface area contributed by atoms with Gasteiger partial charge in [-0.05, 0) is 96.4 Å². The van der Waals surface area contributed by atoms with E-state index < -0.39 is 5.60 Å². The van der Waals surface area contributed by atoms with Crippen LogP contribution in [0.4, 0.5) is 13.6 Å². The van der Waals surface area contributed by atoms with Gasteiger partial charge in [-0.3, -0.25) is 0 Å². The summed E-state index contributed by atoms with van der Waals surface area (Å²) in [7, 11) is 3.04. The summed E-state index contributed by atoms with van der Waals surface area (Å²) in [4.78, 5) is 29.2. The quantitative estimate of drug-likeness (QED) is 0.166. The number of nitrogens with zero attached hydrogens (tertiary/aromatic N) is 4. The van der Waals surface area contributed by atoms with Crippen molar-refractivity contribution in [3.63, 3.8) is 0 Å². The van der Waals surface area contributed by atoms with Crippen molar-refractivity contribution in [2.24, 2.45) is 5.73 Å². The third-order valence-electron chi connectivity index (χ3n) is 9.25. The summed E-state index contributed by atoms with van der Waals surface area (Å²) >= 11 is 0. The number of alkyl carbamates (subject to hydrolysis) is 1. The number of carbonyl (C=O) groups is 1. The number of carbonyl (C=O) groups excluding carboxylic acids is 1. The van der Waals surface area contributed by atoms with Gasteiger partial charge in [-0.25, -0.2) is 33.5 Å². The number of hydrogen-bond acceptors (Lipinski definition) is 11. The van der Waals surface area contributed by atoms with Gasteiger partial charge in [-0.15, -0.1) is 0 Å². The molecule has 276 valence electrons. The maximum absolute atomic E-state index is 14.4. The van der Waals surface area contributed by atoms with Crippen LogP contribution in [0.1, 0.15) is 83.3 Å². The monoisotopic (exact) mass is 708 g/mol. The molecule has 0 unspecified atom stereocenters. The molecule has 2 aromatic carbocycles. The van der Waals surface area contributed by atoms with Crippen LogP contribution in [0.2, 0.25) is 0 Å². The molecule has 12 nitrogen and oxygen atoms in total. The van der Waals surface area contributed by atoms with Crippen LogP contribution < -0.4 is 31.2 Å². The first-order chi connectivity index (χ1) is 24.4. The van der Waals surface area contributed by atoms with E-state index in [1.165, 1.54) is 32.5 Å². The van der Waals surface area contributed by atoms with Gasteiger partial charge in [0.25, 0.3) is 0 Å². The highest BCUT2D eigenvalue weighted by Gasteiger charge is 2.25. The van der Waals surface area contributed by atoms with Gasteiger partial charge in [0.05, 0.1) is 37.6 Å². The van der Waals surface area contributed by atoms with Crippen LogP contribution >= 0.6 is 0 Å². The second-order valence-electron chi connectivity index (χ2n) is 14.2. The zero-order valence-corrected chi connectivity index (χ0v) is 30.1. The predicted octanol–water partition coefficient (Wildman–Crippen LogP) is 5.84. The van der Waals surface area contributed by atoms with Crippen molar-refractivity contribution < 1.29 is 27.8 Å². The number of amides is 1. The minimum Gasteiger partial charge on any atom is -0.480 e. The van der Waals surface area contributed by atoms with Crippen LogP contribution in [-0.4, -0.2) is 70.0 Å². The van der Waals surface area contributed by atoms with Gasteiger partial charge >= 0.3 is 6.09 Å². The number of halogens is 2. The summed E-state index contributed by atoms with van der Waals surface area (Å²) < 4.78 is 44.2. The lowest BCUT2D eigenvalue weighted by Crippen LogP contribution is -2.43. The first-order valence-electron chi connectivity index (χ1n) is 17.6. The van der Waals surface area contributed by atoms with Gasteiger partial charge in [-0.2, -0.15) is 0 Å². The van der Waals surface area contributed by atoms with E-state index in [1.54, 1.807) is 18.3 Å². The van der Waals surface area contributed by atoms with E-state index in [2.05, 4.69) is 35.9 Å². The number of rotatable bonds is 9. The molecule has 0 aliphatic heterocycles. The summed E-state index contributed by atoms with van der Waals surface area (Å²) in [5, 5.41) is 9.79. The van der Waals surface area contributed by atoms with Crippen molar-refractivity contribution in [3.8, 4) is 11.8 Å². The number of hydrogen-bond donors (Lipinski definition) is 4. The fourth-order valence-corrected chi connectivity index (χ4v) is 6.45. The van der Waals surface area contributed by atoms with Gasteiger partial charge in [-0.1, -0.05) is 0 Å². The van der Waals surface area contributed by atoms with E-state index in [0.717, 1.165) is 51.4 Å². The van der Waals surface area contributed by atoms with E-state index >= 15 is 0 Å². The highest BCUT2D eigenvalue weighted by Crippen LogP contribution is 2.25. The van der Waals surface area contributed by atoms with Gasteiger partial charge in [0.15, 0.2) is 0 Å². The highest BCUT2D eigenvalue weighted by atomic mass is 19.1. The third-order valence-corrected chi connectivity index (χ3v) is 9.25. The summed E-state index contributed by atoms with van der Waals surface area (Å²) in [6.07, 6.45) is 10.3. The molecule has 4 aromatic rings. The molecule has 0 radical (unpaired) electrons. The van der Waals surface area contributed by atoms with Crippen molar-refractivity contribution in [2.45, 2.75) is 115 Å². The van der Waals surface area contributed by atoms with E-state index in [9.17, 15) is 13.6 Å². The number of ether oxygens (including phenoxy) is 3. The SMILES string of the molecule is COc1cnc2ccc(F)c(CNC3CCC(N)CC3)c2n1.COc1cnc2ccc(F)c(CNC3CCC(NC(=O)OC(C)(C)C)CC3)c2n1. The largest absolute Gasteiger partial charge is 0.480 e. The average molecular weight is 709 g/mol. The Morgan fingerprint density at radius 3 is 1.61 bits per heavy atom. The molecule has 0 atom stereocenters. The lowest BCUT2D eigenvalue weighted by atomic mass is 9.91. The number of aromatic nitrogens is 4. The van der Waals surface area contributed by atoms with Gasteiger partial charge in [0.1, 0.15) is 28.3 Å². The normalized spacial score (nSPS) is 20.7. The molecule has 0 spiro atoms. The molecule has 6 rings (SSSR count). The Balaban J connectivity index is 0.000000205. The Morgan fingerprint density at radius 1 is 0.745 bits per heavy atom. The molecule has 14 heteroatoms. The van der Waals surface area contributed by atoms with Gasteiger partial charge in [0.2, 0.25) is 11.8 Å². The van der Waals surface area contributed by atoms with Crippen molar-refractivity contribution in [1.82, 2.24) is 35.9 Å². The molecule has 2 aliphatic carbocycles. The third kappa shape index (κ3) is 10.6. The van der Waals surface area contributed by atoms with Gasteiger partial charge < -0.3 is 35.9 Å². The second kappa shape index (κ2) is 17.3. The van der Waals surface area contributed by atoms with Gasteiger partial charge in [0, 0.05) is 48.4 Å². The fraction of sp³-hybridized carbons (Fsp3) is 0.541. The molecule has 0 bridgehead atoms. The number of methoxy groups -OCH3 is 2. The van der Waals surface area contributed by atoms with Crippen molar-refractivity contribution >= 4 is 28.2 Å². The lowest BCUT2D eigenvalue weighted by Gasteiger charge is -2.30. The molecule has 2 aliphatic rings. The highest BCUT2D eigenvalue weighted by molar-refractivity contribution is 5.79. The zero-order valence-electron chi connectivity index (χ0n) is 30.1. The van der Waals surface area contributed by atoms with Crippen molar-refractivity contribution in [1.29, 1.82) is 0 Å². The number of benzene rings is 2. The maximum Gasteiger partial charge on any atom is 0.407 e. The Kier molecular flexibility index (Phi) is 12.9. The molecule has 2 aromatic heterocycles. The van der Waals surface area contributed by atoms with Crippen LogP contribution in [-0.2, 0) is 17.8 Å². The van der Waals surface area contributed by atoms with Crippen LogP contribution in [0.15, 0.2) is 36.7 Å². The molecule has 5 N–H and O–H groups in total. The van der Waals surface area contributed by atoms with E-state index in [-0.39, 0.29) is 29.8 Å². The molecule has 2 saturated carbocycles. The topological polar surface area (TPSA) is 158 Å². The molecular weight excluding hydrogens is 658 g/mol. The number of nitrogens with one attached hydrogen (secondary N) is 3. The molecular formula is C37H50F2N8O4. The maximum atomic E-state index is 14.4. The number of nitrogens with two attached hydrogens (primary N) is 1. The van der Waals surface area contributed by atoms with Crippen molar-refractivity contribution in [3.05, 3.63) is 59.4 Å². The summed E-state index contributed by atoms with van der Waals surface area (Å²) in [6, 6.07) is 7.16. The average Bonchev–Trinajstić information content (AvgIpc) is 3.11. The standard InChI is InChI=1S/C21H29FN4O3.C16H21FN4O/c1-21(2,3)29-20(27)25-14-7-5-13(6-8-14)23-11-15-16(22)9-10-17-19(15)26-18(28-4)12-24-17;1-22-15-9-20-14-7-6-13(17)12(16(14)21-15)8-19-11-4-2-10(18)3-5-11/h9-10,12-14,23H,5-8,11H2,1-4H3,(H,25,27);6-7,9-11,19H,2-5,8,18H2,1H3. The molecule has 0 saturated heterocycles. The molecule has 2 fully saturated rings. The van der Waals surface area contributed by atoms with Crippen LogP contribution in [0, 0.1) is 11.6 Å². The second-order valence-corrected chi connectivity index (χ2v) is 14.2. The zero-order chi connectivity index (χ0) is 36.5. The van der Waals surface area contributed by atoms with Crippen molar-refractivity contribution in [2.75, 3.05) is 14.2 Å². The van der Waals surface area contributed by atoms with E-state index in [1.807, 2.05) is 20.8 Å². The minimum atomic E-state index is -0.503. The van der Waals surface area contributed by atoms with E-state index in [4.69, 9.17) is 19.9 Å². The van der Waals surface area contributed by atoms with Crippen LogP contribution in [0.3, 0.4) is 0 Å². The molecule has 1 amide bonds.